The van der Waals surface area contributed by atoms with E-state index in [2.05, 4.69) is 0 Å². The van der Waals surface area contributed by atoms with Crippen LogP contribution in [-0.2, 0) is 9.59 Å². The number of aliphatic hydroxyl groups is 1. The Balaban J connectivity index is 1.98. The summed E-state index contributed by atoms with van der Waals surface area (Å²) in [6.45, 7) is 0.893. The summed E-state index contributed by atoms with van der Waals surface area (Å²) >= 11 is 6.18. The molecule has 3 aromatic carbocycles. The summed E-state index contributed by atoms with van der Waals surface area (Å²) in [6.07, 6.45) is 0. The number of ketones is 1. The van der Waals surface area contributed by atoms with Crippen molar-refractivity contribution in [2.45, 2.75) is 6.04 Å². The first-order chi connectivity index (χ1) is 15.8. The van der Waals surface area contributed by atoms with Crippen molar-refractivity contribution in [3.63, 3.8) is 0 Å². The summed E-state index contributed by atoms with van der Waals surface area (Å²) in [4.78, 5) is 29.9. The number of likely N-dealkylation sites (tertiary alicyclic amines) is 1. The Bertz CT molecular complexity index is 1260. The Labute approximate surface area is 197 Å². The number of methoxy groups -OCH3 is 1. The van der Waals surface area contributed by atoms with E-state index in [-0.39, 0.29) is 16.9 Å². The first-order valence-corrected chi connectivity index (χ1v) is 11.0. The smallest absolute Gasteiger partial charge is 0.295 e. The van der Waals surface area contributed by atoms with E-state index in [0.717, 1.165) is 16.3 Å². The maximum absolute atomic E-state index is 13.3. The number of nitrogens with zero attached hydrogens (tertiary/aromatic N) is 2. The number of benzene rings is 3. The molecule has 0 radical (unpaired) electrons. The summed E-state index contributed by atoms with van der Waals surface area (Å²) in [7, 11) is 5.28. The maximum Gasteiger partial charge on any atom is 0.295 e. The van der Waals surface area contributed by atoms with E-state index in [0.29, 0.717) is 23.9 Å². The highest BCUT2D eigenvalue weighted by molar-refractivity contribution is 6.46. The van der Waals surface area contributed by atoms with Gasteiger partial charge in [-0.25, -0.2) is 0 Å². The number of aliphatic hydroxyl groups excluding tert-OH is 1. The fourth-order valence-electron chi connectivity index (χ4n) is 4.24. The van der Waals surface area contributed by atoms with E-state index in [4.69, 9.17) is 16.3 Å². The molecule has 1 heterocycles. The molecule has 7 heteroatoms. The second-order valence-electron chi connectivity index (χ2n) is 8.21. The molecule has 1 amide bonds. The molecule has 0 spiro atoms. The zero-order valence-electron chi connectivity index (χ0n) is 18.7. The van der Waals surface area contributed by atoms with Crippen LogP contribution in [0.3, 0.4) is 0 Å². The van der Waals surface area contributed by atoms with Gasteiger partial charge >= 0.3 is 0 Å². The lowest BCUT2D eigenvalue weighted by Gasteiger charge is -2.27. The molecule has 0 bridgehead atoms. The minimum atomic E-state index is -0.750. The van der Waals surface area contributed by atoms with Gasteiger partial charge in [0.25, 0.3) is 11.7 Å². The summed E-state index contributed by atoms with van der Waals surface area (Å²) in [6, 6.07) is 17.6. The van der Waals surface area contributed by atoms with E-state index >= 15 is 0 Å². The molecule has 1 atom stereocenters. The highest BCUT2D eigenvalue weighted by atomic mass is 35.5. The third-order valence-electron chi connectivity index (χ3n) is 5.86. The third kappa shape index (κ3) is 4.19. The summed E-state index contributed by atoms with van der Waals surface area (Å²) in [5.41, 5.74) is 1.06. The van der Waals surface area contributed by atoms with Crippen LogP contribution in [0.5, 0.6) is 5.75 Å². The Hall–Kier alpha value is -3.35. The van der Waals surface area contributed by atoms with Crippen molar-refractivity contribution in [1.29, 1.82) is 0 Å². The standard InChI is InChI=1S/C26H25ClN2O4/c1-28(2)13-14-29-23(19-10-6-8-16-7-4-5-9-18(16)19)22(25(31)26(29)32)24(30)20-15-17(27)11-12-21(20)33-3/h4-12,15,23,30H,13-14H2,1-3H3/b24-22+. The third-order valence-corrected chi connectivity index (χ3v) is 6.10. The summed E-state index contributed by atoms with van der Waals surface area (Å²) < 4.78 is 5.39. The van der Waals surface area contributed by atoms with Crippen LogP contribution in [0.15, 0.2) is 66.2 Å². The van der Waals surface area contributed by atoms with E-state index in [1.807, 2.05) is 61.5 Å². The highest BCUT2D eigenvalue weighted by Crippen LogP contribution is 2.43. The van der Waals surface area contributed by atoms with Crippen LogP contribution < -0.4 is 4.74 Å². The number of hydrogen-bond acceptors (Lipinski definition) is 5. The van der Waals surface area contributed by atoms with Crippen molar-refractivity contribution in [3.8, 4) is 5.75 Å². The van der Waals surface area contributed by atoms with Crippen LogP contribution in [0, 0.1) is 0 Å². The fourth-order valence-corrected chi connectivity index (χ4v) is 4.41. The highest BCUT2D eigenvalue weighted by Gasteiger charge is 2.46. The Morgan fingerprint density at radius 2 is 1.82 bits per heavy atom. The Morgan fingerprint density at radius 1 is 1.09 bits per heavy atom. The molecule has 6 nitrogen and oxygen atoms in total. The molecule has 1 fully saturated rings. The molecule has 1 saturated heterocycles. The monoisotopic (exact) mass is 464 g/mol. The topological polar surface area (TPSA) is 70.1 Å². The van der Waals surface area contributed by atoms with Crippen molar-refractivity contribution >= 4 is 39.8 Å². The van der Waals surface area contributed by atoms with Crippen molar-refractivity contribution in [2.75, 3.05) is 34.3 Å². The van der Waals surface area contributed by atoms with E-state index in [9.17, 15) is 14.7 Å². The van der Waals surface area contributed by atoms with Crippen LogP contribution in [-0.4, -0.2) is 60.9 Å². The lowest BCUT2D eigenvalue weighted by Crippen LogP contribution is -2.35. The lowest BCUT2D eigenvalue weighted by atomic mass is 9.91. The first kappa shape index (κ1) is 22.8. The number of rotatable bonds is 6. The Morgan fingerprint density at radius 3 is 2.55 bits per heavy atom. The van der Waals surface area contributed by atoms with Gasteiger partial charge in [0.05, 0.1) is 24.3 Å². The molecular weight excluding hydrogens is 440 g/mol. The van der Waals surface area contributed by atoms with Crippen LogP contribution >= 0.6 is 11.6 Å². The molecule has 0 aliphatic carbocycles. The normalized spacial score (nSPS) is 17.8. The minimum absolute atomic E-state index is 0.0238. The number of likely N-dealkylation sites (N-methyl/N-ethyl adjacent to an activating group) is 1. The van der Waals surface area contributed by atoms with Gasteiger partial charge in [0.2, 0.25) is 0 Å². The average Bonchev–Trinajstić information content (AvgIpc) is 3.06. The lowest BCUT2D eigenvalue weighted by molar-refractivity contribution is -0.140. The summed E-state index contributed by atoms with van der Waals surface area (Å²) in [5, 5.41) is 13.6. The minimum Gasteiger partial charge on any atom is -0.507 e. The molecule has 1 aliphatic rings. The van der Waals surface area contributed by atoms with Gasteiger partial charge in [-0.2, -0.15) is 0 Å². The first-order valence-electron chi connectivity index (χ1n) is 10.6. The zero-order chi connectivity index (χ0) is 23.7. The van der Waals surface area contributed by atoms with E-state index in [1.165, 1.54) is 18.1 Å². The number of ether oxygens (including phenoxy) is 1. The zero-order valence-corrected chi connectivity index (χ0v) is 19.5. The van der Waals surface area contributed by atoms with E-state index in [1.54, 1.807) is 12.1 Å². The number of fused-ring (bicyclic) bond motifs is 1. The van der Waals surface area contributed by atoms with Crippen molar-refractivity contribution in [1.82, 2.24) is 9.80 Å². The summed E-state index contributed by atoms with van der Waals surface area (Å²) in [5.74, 6) is -1.32. The predicted octanol–water partition coefficient (Wildman–Crippen LogP) is 4.49. The Kier molecular flexibility index (Phi) is 6.40. The van der Waals surface area contributed by atoms with Crippen LogP contribution in [0.4, 0.5) is 0 Å². The number of Topliss-reactive ketones (excluding diaryl/α,β-unsaturated/α-hetero) is 1. The van der Waals surface area contributed by atoms with Crippen LogP contribution in [0.25, 0.3) is 16.5 Å². The van der Waals surface area contributed by atoms with Crippen LogP contribution in [0.2, 0.25) is 5.02 Å². The van der Waals surface area contributed by atoms with E-state index < -0.39 is 17.7 Å². The van der Waals surface area contributed by atoms with Crippen molar-refractivity contribution in [2.24, 2.45) is 0 Å². The number of amides is 1. The molecular formula is C26H25ClN2O4. The second-order valence-corrected chi connectivity index (χ2v) is 8.65. The molecule has 0 saturated carbocycles. The molecule has 0 aromatic heterocycles. The van der Waals surface area contributed by atoms with Gasteiger partial charge < -0.3 is 19.6 Å². The maximum atomic E-state index is 13.3. The largest absolute Gasteiger partial charge is 0.507 e. The van der Waals surface area contributed by atoms with Crippen molar-refractivity contribution < 1.29 is 19.4 Å². The second kappa shape index (κ2) is 9.25. The van der Waals surface area contributed by atoms with Gasteiger partial charge in [-0.3, -0.25) is 9.59 Å². The molecule has 1 N–H and O–H groups in total. The van der Waals surface area contributed by atoms with Crippen LogP contribution in [0.1, 0.15) is 17.2 Å². The van der Waals surface area contributed by atoms with Gasteiger partial charge in [-0.05, 0) is 48.6 Å². The SMILES string of the molecule is COc1ccc(Cl)cc1/C(O)=C1\C(=O)C(=O)N(CCN(C)C)C1c1cccc2ccccc12. The number of hydrogen-bond donors (Lipinski definition) is 1. The van der Waals surface area contributed by atoms with Gasteiger partial charge in [0.1, 0.15) is 11.5 Å². The number of halogens is 1. The number of carbonyl (C=O) groups is 2. The predicted molar refractivity (Wildman–Crippen MR) is 130 cm³/mol. The molecule has 1 unspecified atom stereocenters. The average molecular weight is 465 g/mol. The molecule has 3 aromatic rings. The number of carbonyl (C=O) groups excluding carboxylic acids is 2. The quantitative estimate of drug-likeness (QED) is 0.331. The van der Waals surface area contributed by atoms with Gasteiger partial charge in [0, 0.05) is 18.1 Å². The molecule has 1 aliphatic heterocycles. The van der Waals surface area contributed by atoms with Gasteiger partial charge in [0.15, 0.2) is 0 Å². The fraction of sp³-hybridized carbons (Fsp3) is 0.231. The molecule has 33 heavy (non-hydrogen) atoms. The van der Waals surface area contributed by atoms with Gasteiger partial charge in [-0.15, -0.1) is 0 Å². The van der Waals surface area contributed by atoms with Gasteiger partial charge in [-0.1, -0.05) is 54.1 Å². The molecule has 170 valence electrons. The van der Waals surface area contributed by atoms with Crippen molar-refractivity contribution in [3.05, 3.63) is 82.4 Å². The molecule has 4 rings (SSSR count).